The van der Waals surface area contributed by atoms with Crippen LogP contribution in [-0.4, -0.2) is 12.5 Å². The first kappa shape index (κ1) is 18.5. The Morgan fingerprint density at radius 1 is 1.36 bits per heavy atom. The summed E-state index contributed by atoms with van der Waals surface area (Å²) in [6, 6.07) is 14.7. The molecule has 0 atom stereocenters. The van der Waals surface area contributed by atoms with Gasteiger partial charge in [0.25, 0.3) is 5.91 Å². The van der Waals surface area contributed by atoms with E-state index in [2.05, 4.69) is 27.8 Å². The third-order valence-electron chi connectivity index (χ3n) is 3.26. The lowest BCUT2D eigenvalue weighted by Crippen LogP contribution is -2.13. The molecule has 0 aromatic heterocycles. The number of hydrogen-bond acceptors (Lipinski definition) is 3. The van der Waals surface area contributed by atoms with Gasteiger partial charge in [-0.25, -0.2) is 0 Å². The topological polar surface area (TPSA) is 62.1 Å². The minimum Gasteiger partial charge on any atom is -0.488 e. The lowest BCUT2D eigenvalue weighted by Gasteiger charge is -2.07. The number of halogens is 1. The van der Waals surface area contributed by atoms with Crippen LogP contribution in [0.4, 0.5) is 5.69 Å². The van der Waals surface area contributed by atoms with Gasteiger partial charge in [0.1, 0.15) is 24.0 Å². The lowest BCUT2D eigenvalue weighted by molar-refractivity contribution is -0.112. The summed E-state index contributed by atoms with van der Waals surface area (Å²) in [7, 11) is 0. The van der Waals surface area contributed by atoms with Crippen molar-refractivity contribution in [2.75, 3.05) is 11.9 Å². The highest BCUT2D eigenvalue weighted by Crippen LogP contribution is 2.27. The summed E-state index contributed by atoms with van der Waals surface area (Å²) in [4.78, 5) is 12.3. The van der Waals surface area contributed by atoms with Crippen molar-refractivity contribution in [3.8, 4) is 11.8 Å². The van der Waals surface area contributed by atoms with Gasteiger partial charge in [-0.15, -0.1) is 0 Å². The molecule has 0 radical (unpaired) electrons. The number of nitrogens with zero attached hydrogens (tertiary/aromatic N) is 1. The van der Waals surface area contributed by atoms with Crippen molar-refractivity contribution in [3.05, 3.63) is 76.3 Å². The molecule has 0 aliphatic rings. The van der Waals surface area contributed by atoms with E-state index in [1.54, 1.807) is 30.3 Å². The largest absolute Gasteiger partial charge is 0.488 e. The van der Waals surface area contributed by atoms with Gasteiger partial charge in [0.2, 0.25) is 0 Å². The van der Waals surface area contributed by atoms with E-state index in [0.717, 1.165) is 10.0 Å². The van der Waals surface area contributed by atoms with Crippen molar-refractivity contribution in [2.24, 2.45) is 0 Å². The summed E-state index contributed by atoms with van der Waals surface area (Å²) in [5.74, 6) is 0.218. The maximum Gasteiger partial charge on any atom is 0.266 e. The van der Waals surface area contributed by atoms with E-state index in [1.165, 1.54) is 6.08 Å². The Hall–Kier alpha value is -2.84. The minimum absolute atomic E-state index is 0.0215. The maximum absolute atomic E-state index is 12.3. The fourth-order valence-corrected chi connectivity index (χ4v) is 2.62. The van der Waals surface area contributed by atoms with Crippen molar-refractivity contribution in [2.45, 2.75) is 6.92 Å². The molecule has 0 bridgehead atoms. The average Bonchev–Trinajstić information content (AvgIpc) is 2.58. The molecule has 0 heterocycles. The molecule has 2 rings (SSSR count). The maximum atomic E-state index is 12.3. The molecule has 2 aromatic carbocycles. The first-order chi connectivity index (χ1) is 12.0. The van der Waals surface area contributed by atoms with Crippen LogP contribution >= 0.6 is 15.9 Å². The smallest absolute Gasteiger partial charge is 0.266 e. The first-order valence-electron chi connectivity index (χ1n) is 7.56. The van der Waals surface area contributed by atoms with Crippen LogP contribution < -0.4 is 10.1 Å². The molecule has 0 unspecified atom stereocenters. The zero-order valence-corrected chi connectivity index (χ0v) is 15.3. The Kier molecular flexibility index (Phi) is 6.55. The molecule has 1 amide bonds. The highest BCUT2D eigenvalue weighted by molar-refractivity contribution is 9.10. The van der Waals surface area contributed by atoms with Gasteiger partial charge >= 0.3 is 0 Å². The van der Waals surface area contributed by atoms with Gasteiger partial charge in [0.15, 0.2) is 0 Å². The highest BCUT2D eigenvalue weighted by Gasteiger charge is 2.10. The summed E-state index contributed by atoms with van der Waals surface area (Å²) in [6.07, 6.45) is 3.19. The quantitative estimate of drug-likeness (QED) is 0.430. The van der Waals surface area contributed by atoms with Crippen LogP contribution in [0.1, 0.15) is 11.1 Å². The van der Waals surface area contributed by atoms with Crippen LogP contribution in [0.2, 0.25) is 0 Å². The monoisotopic (exact) mass is 396 g/mol. The SMILES string of the molecule is C=CCOc1ccc(/C=C(/C#N)C(=O)Nc2cccc(C)c2)cc1Br. The number of anilines is 1. The van der Waals surface area contributed by atoms with Gasteiger partial charge in [-0.05, 0) is 64.3 Å². The van der Waals surface area contributed by atoms with Gasteiger partial charge in [0.05, 0.1) is 4.47 Å². The lowest BCUT2D eigenvalue weighted by atomic mass is 10.1. The third-order valence-corrected chi connectivity index (χ3v) is 3.88. The second-order valence-corrected chi connectivity index (χ2v) is 6.14. The zero-order valence-electron chi connectivity index (χ0n) is 13.8. The van der Waals surface area contributed by atoms with Gasteiger partial charge in [0, 0.05) is 5.69 Å². The minimum atomic E-state index is -0.448. The third kappa shape index (κ3) is 5.33. The molecule has 0 aliphatic carbocycles. The van der Waals surface area contributed by atoms with Crippen LogP contribution in [-0.2, 0) is 4.79 Å². The molecule has 0 saturated heterocycles. The van der Waals surface area contributed by atoms with Crippen molar-refractivity contribution >= 4 is 33.6 Å². The van der Waals surface area contributed by atoms with Crippen LogP contribution in [0.25, 0.3) is 6.08 Å². The molecule has 0 aliphatic heterocycles. The van der Waals surface area contributed by atoms with E-state index in [-0.39, 0.29) is 5.57 Å². The fraction of sp³-hybridized carbons (Fsp3) is 0.100. The van der Waals surface area contributed by atoms with Gasteiger partial charge < -0.3 is 10.1 Å². The van der Waals surface area contributed by atoms with E-state index in [9.17, 15) is 10.1 Å². The molecule has 126 valence electrons. The molecule has 25 heavy (non-hydrogen) atoms. The molecule has 0 saturated carbocycles. The van der Waals surface area contributed by atoms with E-state index < -0.39 is 5.91 Å². The number of benzene rings is 2. The Labute approximate surface area is 155 Å². The van der Waals surface area contributed by atoms with E-state index in [1.807, 2.05) is 31.2 Å². The fourth-order valence-electron chi connectivity index (χ4n) is 2.11. The number of nitrogens with one attached hydrogen (secondary N) is 1. The molecule has 1 N–H and O–H groups in total. The van der Waals surface area contributed by atoms with E-state index in [0.29, 0.717) is 23.6 Å². The predicted molar refractivity (Wildman–Crippen MR) is 103 cm³/mol. The Morgan fingerprint density at radius 3 is 2.80 bits per heavy atom. The molecular formula is C20H17BrN2O2. The Balaban J connectivity index is 2.19. The van der Waals surface area contributed by atoms with Crippen LogP contribution in [0.3, 0.4) is 0 Å². The van der Waals surface area contributed by atoms with E-state index >= 15 is 0 Å². The summed E-state index contributed by atoms with van der Waals surface area (Å²) in [6.45, 7) is 5.94. The number of carbonyl (C=O) groups is 1. The summed E-state index contributed by atoms with van der Waals surface area (Å²) in [5.41, 5.74) is 2.42. The number of hydrogen-bond donors (Lipinski definition) is 1. The molecule has 2 aromatic rings. The Morgan fingerprint density at radius 2 is 2.16 bits per heavy atom. The summed E-state index contributed by atoms with van der Waals surface area (Å²) in [5, 5.41) is 12.0. The standard InChI is InChI=1S/C20H17BrN2O2/c1-3-9-25-19-8-7-15(12-18(19)21)11-16(13-22)20(24)23-17-6-4-5-14(2)10-17/h3-8,10-12H,1,9H2,2H3,(H,23,24)/b16-11-. The van der Waals surface area contributed by atoms with Gasteiger partial charge in [-0.1, -0.05) is 30.9 Å². The number of amides is 1. The number of nitriles is 1. The van der Waals surface area contributed by atoms with Crippen LogP contribution in [0, 0.1) is 18.3 Å². The van der Waals surface area contributed by atoms with Crippen molar-refractivity contribution in [1.29, 1.82) is 5.26 Å². The number of ether oxygens (including phenoxy) is 1. The van der Waals surface area contributed by atoms with E-state index in [4.69, 9.17) is 4.74 Å². The van der Waals surface area contributed by atoms with Crippen molar-refractivity contribution < 1.29 is 9.53 Å². The second-order valence-electron chi connectivity index (χ2n) is 5.28. The molecular weight excluding hydrogens is 380 g/mol. The molecule has 4 nitrogen and oxygen atoms in total. The van der Waals surface area contributed by atoms with Gasteiger partial charge in [-0.2, -0.15) is 5.26 Å². The number of rotatable bonds is 6. The van der Waals surface area contributed by atoms with Crippen LogP contribution in [0.15, 0.2) is 65.2 Å². The molecule has 0 spiro atoms. The summed E-state index contributed by atoms with van der Waals surface area (Å²) < 4.78 is 6.22. The second kappa shape index (κ2) is 8.86. The zero-order chi connectivity index (χ0) is 18.2. The summed E-state index contributed by atoms with van der Waals surface area (Å²) >= 11 is 3.42. The highest BCUT2D eigenvalue weighted by atomic mass is 79.9. The predicted octanol–water partition coefficient (Wildman–Crippen LogP) is 4.87. The van der Waals surface area contributed by atoms with Crippen molar-refractivity contribution in [1.82, 2.24) is 0 Å². The van der Waals surface area contributed by atoms with Crippen LogP contribution in [0.5, 0.6) is 5.75 Å². The average molecular weight is 397 g/mol. The normalized spacial score (nSPS) is 10.7. The molecule has 5 heteroatoms. The van der Waals surface area contributed by atoms with Crippen molar-refractivity contribution in [3.63, 3.8) is 0 Å². The molecule has 0 fully saturated rings. The first-order valence-corrected chi connectivity index (χ1v) is 8.36. The number of aryl methyl sites for hydroxylation is 1. The Bertz CT molecular complexity index is 866. The van der Waals surface area contributed by atoms with Gasteiger partial charge in [-0.3, -0.25) is 4.79 Å². The number of carbonyl (C=O) groups excluding carboxylic acids is 1.